The molecule has 26 heavy (non-hydrogen) atoms. The molecule has 3 heterocycles. The van der Waals surface area contributed by atoms with E-state index in [9.17, 15) is 18.3 Å². The zero-order valence-corrected chi connectivity index (χ0v) is 15.9. The summed E-state index contributed by atoms with van der Waals surface area (Å²) in [6.45, 7) is 1.63. The number of hydrogen-bond acceptors (Lipinski definition) is 6. The molecule has 1 amide bonds. The predicted octanol–water partition coefficient (Wildman–Crippen LogP) is 0.0865. The standard InChI is InChI=1S/C17H25N3O5S/c1-25-12-14-4-3-5-15(18-14)16(21)19-8-6-17(22)7-9-20(26(2,23)24)11-13(17)10-19/h3-5,13,22H,6-12H2,1-2H3/t13-,17-/m0/s1. The molecule has 8 nitrogen and oxygen atoms in total. The average Bonchev–Trinajstić information content (AvgIpc) is 2.59. The van der Waals surface area contributed by atoms with E-state index in [0.29, 0.717) is 50.5 Å². The molecule has 0 unspecified atom stereocenters. The van der Waals surface area contributed by atoms with Crippen LogP contribution in [0.1, 0.15) is 29.0 Å². The molecule has 0 aromatic carbocycles. The molecule has 144 valence electrons. The first-order chi connectivity index (χ1) is 12.2. The van der Waals surface area contributed by atoms with Crippen molar-refractivity contribution < 1.29 is 23.1 Å². The lowest BCUT2D eigenvalue weighted by atomic mass is 9.76. The highest BCUT2D eigenvalue weighted by Gasteiger charge is 2.47. The lowest BCUT2D eigenvalue weighted by molar-refractivity contribution is -0.0947. The number of amides is 1. The van der Waals surface area contributed by atoms with Crippen molar-refractivity contribution in [3.8, 4) is 0 Å². The number of pyridine rings is 1. The number of aromatic nitrogens is 1. The number of carbonyl (C=O) groups excluding carboxylic acids is 1. The van der Waals surface area contributed by atoms with Crippen LogP contribution in [0.3, 0.4) is 0 Å². The van der Waals surface area contributed by atoms with Gasteiger partial charge in [-0.15, -0.1) is 0 Å². The summed E-state index contributed by atoms with van der Waals surface area (Å²) >= 11 is 0. The summed E-state index contributed by atoms with van der Waals surface area (Å²) < 4.78 is 30.1. The Morgan fingerprint density at radius 1 is 1.35 bits per heavy atom. The van der Waals surface area contributed by atoms with Crippen molar-refractivity contribution in [2.75, 3.05) is 39.5 Å². The van der Waals surface area contributed by atoms with E-state index in [4.69, 9.17) is 4.74 Å². The largest absolute Gasteiger partial charge is 0.389 e. The molecule has 0 aliphatic carbocycles. The van der Waals surface area contributed by atoms with E-state index in [-0.39, 0.29) is 18.4 Å². The van der Waals surface area contributed by atoms with E-state index in [2.05, 4.69) is 4.98 Å². The molecule has 0 spiro atoms. The van der Waals surface area contributed by atoms with Gasteiger partial charge < -0.3 is 14.7 Å². The Balaban J connectivity index is 1.75. The van der Waals surface area contributed by atoms with Crippen molar-refractivity contribution in [3.63, 3.8) is 0 Å². The lowest BCUT2D eigenvalue weighted by Crippen LogP contribution is -2.61. The van der Waals surface area contributed by atoms with Gasteiger partial charge in [-0.05, 0) is 25.0 Å². The normalized spacial score (nSPS) is 27.2. The van der Waals surface area contributed by atoms with Gasteiger partial charge in [-0.3, -0.25) is 4.79 Å². The maximum Gasteiger partial charge on any atom is 0.272 e. The summed E-state index contributed by atoms with van der Waals surface area (Å²) in [7, 11) is -1.74. The zero-order valence-electron chi connectivity index (χ0n) is 15.1. The van der Waals surface area contributed by atoms with Crippen LogP contribution in [0.25, 0.3) is 0 Å². The summed E-state index contributed by atoms with van der Waals surface area (Å²) in [5.41, 5.74) is 0.0945. The topological polar surface area (TPSA) is 100 Å². The molecule has 2 fully saturated rings. The zero-order chi connectivity index (χ0) is 18.9. The van der Waals surface area contributed by atoms with Crippen LogP contribution in [-0.2, 0) is 21.4 Å². The SMILES string of the molecule is COCc1cccc(C(=O)N2CC[C@]3(O)CCN(S(C)(=O)=O)C[C@@H]3C2)n1. The first-order valence-electron chi connectivity index (χ1n) is 8.64. The number of sulfonamides is 1. The Morgan fingerprint density at radius 2 is 2.08 bits per heavy atom. The molecule has 1 aromatic heterocycles. The number of methoxy groups -OCH3 is 1. The third kappa shape index (κ3) is 3.90. The van der Waals surface area contributed by atoms with Crippen LogP contribution in [-0.4, -0.2) is 78.8 Å². The molecule has 1 aromatic rings. The quantitative estimate of drug-likeness (QED) is 0.791. The molecule has 0 saturated carbocycles. The predicted molar refractivity (Wildman–Crippen MR) is 94.9 cm³/mol. The summed E-state index contributed by atoms with van der Waals surface area (Å²) in [5, 5.41) is 10.9. The smallest absolute Gasteiger partial charge is 0.272 e. The molecule has 9 heteroatoms. The minimum Gasteiger partial charge on any atom is -0.389 e. The van der Waals surface area contributed by atoms with Crippen LogP contribution in [0, 0.1) is 5.92 Å². The van der Waals surface area contributed by atoms with E-state index < -0.39 is 15.6 Å². The molecule has 0 bridgehead atoms. The van der Waals surface area contributed by atoms with E-state index in [1.165, 1.54) is 10.6 Å². The van der Waals surface area contributed by atoms with Gasteiger partial charge in [-0.25, -0.2) is 17.7 Å². The second-order valence-corrected chi connectivity index (χ2v) is 9.10. The molecule has 2 atom stereocenters. The van der Waals surface area contributed by atoms with Gasteiger partial charge in [0.15, 0.2) is 0 Å². The number of rotatable bonds is 4. The van der Waals surface area contributed by atoms with Crippen molar-refractivity contribution in [1.82, 2.24) is 14.2 Å². The van der Waals surface area contributed by atoms with E-state index in [1.807, 2.05) is 0 Å². The Kier molecular flexibility index (Phi) is 5.34. The number of piperidine rings is 2. The Bertz CT molecular complexity index is 784. The number of likely N-dealkylation sites (tertiary alicyclic amines) is 1. The highest BCUT2D eigenvalue weighted by molar-refractivity contribution is 7.88. The first-order valence-corrected chi connectivity index (χ1v) is 10.5. The highest BCUT2D eigenvalue weighted by Crippen LogP contribution is 2.36. The average molecular weight is 383 g/mol. The van der Waals surface area contributed by atoms with E-state index in [1.54, 1.807) is 30.2 Å². The van der Waals surface area contributed by atoms with Gasteiger partial charge in [0.2, 0.25) is 10.0 Å². The third-order valence-electron chi connectivity index (χ3n) is 5.31. The molecule has 2 aliphatic heterocycles. The fourth-order valence-corrected chi connectivity index (χ4v) is 4.62. The minimum absolute atomic E-state index is 0.207. The van der Waals surface area contributed by atoms with Crippen LogP contribution in [0.2, 0.25) is 0 Å². The maximum absolute atomic E-state index is 12.8. The van der Waals surface area contributed by atoms with Crippen LogP contribution in [0.4, 0.5) is 0 Å². The Labute approximate surface area is 153 Å². The molecule has 2 aliphatic rings. The van der Waals surface area contributed by atoms with Crippen LogP contribution >= 0.6 is 0 Å². The van der Waals surface area contributed by atoms with Gasteiger partial charge in [0.1, 0.15) is 5.69 Å². The second kappa shape index (κ2) is 7.22. The number of hydrogen-bond donors (Lipinski definition) is 1. The number of carbonyl (C=O) groups is 1. The summed E-state index contributed by atoms with van der Waals surface area (Å²) in [4.78, 5) is 18.8. The number of aliphatic hydroxyl groups is 1. The number of nitrogens with zero attached hydrogens (tertiary/aromatic N) is 3. The third-order valence-corrected chi connectivity index (χ3v) is 6.58. The van der Waals surface area contributed by atoms with Crippen molar-refractivity contribution in [2.24, 2.45) is 5.92 Å². The highest BCUT2D eigenvalue weighted by atomic mass is 32.2. The van der Waals surface area contributed by atoms with Gasteiger partial charge in [-0.2, -0.15) is 0 Å². The van der Waals surface area contributed by atoms with Crippen LogP contribution < -0.4 is 0 Å². The number of fused-ring (bicyclic) bond motifs is 1. The minimum atomic E-state index is -3.31. The summed E-state index contributed by atoms with van der Waals surface area (Å²) in [6, 6.07) is 5.22. The fourth-order valence-electron chi connectivity index (χ4n) is 3.75. The summed E-state index contributed by atoms with van der Waals surface area (Å²) in [5.74, 6) is -0.507. The van der Waals surface area contributed by atoms with Crippen molar-refractivity contribution >= 4 is 15.9 Å². The molecular formula is C17H25N3O5S. The maximum atomic E-state index is 12.8. The fraction of sp³-hybridized carbons (Fsp3) is 0.647. The van der Waals surface area contributed by atoms with Crippen molar-refractivity contribution in [2.45, 2.75) is 25.0 Å². The van der Waals surface area contributed by atoms with Crippen molar-refractivity contribution in [3.05, 3.63) is 29.6 Å². The van der Waals surface area contributed by atoms with E-state index in [0.717, 1.165) is 0 Å². The van der Waals surface area contributed by atoms with Crippen molar-refractivity contribution in [1.29, 1.82) is 0 Å². The monoisotopic (exact) mass is 383 g/mol. The lowest BCUT2D eigenvalue weighted by Gasteiger charge is -2.49. The second-order valence-electron chi connectivity index (χ2n) is 7.12. The number of ether oxygens (including phenoxy) is 1. The van der Waals surface area contributed by atoms with Gasteiger partial charge in [0.05, 0.1) is 24.2 Å². The Hall–Kier alpha value is -1.55. The van der Waals surface area contributed by atoms with Crippen LogP contribution in [0.15, 0.2) is 18.2 Å². The van der Waals surface area contributed by atoms with Gasteiger partial charge in [0, 0.05) is 39.2 Å². The van der Waals surface area contributed by atoms with E-state index >= 15 is 0 Å². The van der Waals surface area contributed by atoms with Gasteiger partial charge in [0.25, 0.3) is 5.91 Å². The van der Waals surface area contributed by atoms with Gasteiger partial charge >= 0.3 is 0 Å². The molecular weight excluding hydrogens is 358 g/mol. The Morgan fingerprint density at radius 3 is 2.77 bits per heavy atom. The first kappa shape index (κ1) is 19.2. The molecule has 2 saturated heterocycles. The van der Waals surface area contributed by atoms with Gasteiger partial charge in [-0.1, -0.05) is 6.07 Å². The molecule has 0 radical (unpaired) electrons. The molecule has 1 N–H and O–H groups in total. The molecule has 3 rings (SSSR count). The van der Waals surface area contributed by atoms with Crippen LogP contribution in [0.5, 0.6) is 0 Å². The summed E-state index contributed by atoms with van der Waals surface area (Å²) in [6.07, 6.45) is 2.02.